The molecule has 0 amide bonds. The summed E-state index contributed by atoms with van der Waals surface area (Å²) in [6, 6.07) is 9.18. The fourth-order valence-electron chi connectivity index (χ4n) is 1.46. The van der Waals surface area contributed by atoms with Crippen LogP contribution in [0, 0.1) is 0 Å². The molecule has 3 N–H and O–H groups in total. The van der Waals surface area contributed by atoms with Crippen molar-refractivity contribution in [2.45, 2.75) is 23.0 Å². The van der Waals surface area contributed by atoms with Crippen LogP contribution in [0.15, 0.2) is 51.4 Å². The fourth-order valence-corrected chi connectivity index (χ4v) is 2.45. The first-order chi connectivity index (χ1) is 8.16. The lowest BCUT2D eigenvalue weighted by molar-refractivity contribution is 0.796. The molecule has 88 valence electrons. The molecule has 1 atom stereocenters. The van der Waals surface area contributed by atoms with E-state index in [2.05, 4.69) is 9.97 Å². The van der Waals surface area contributed by atoms with E-state index in [4.69, 9.17) is 5.73 Å². The van der Waals surface area contributed by atoms with Crippen LogP contribution in [0.3, 0.4) is 0 Å². The number of nitrogens with two attached hydrogens (primary N) is 1. The van der Waals surface area contributed by atoms with E-state index in [1.807, 2.05) is 31.2 Å². The zero-order valence-electron chi connectivity index (χ0n) is 9.38. The maximum Gasteiger partial charge on any atom is 0.251 e. The highest BCUT2D eigenvalue weighted by molar-refractivity contribution is 7.99. The highest BCUT2D eigenvalue weighted by Gasteiger charge is 2.08. The van der Waals surface area contributed by atoms with Crippen molar-refractivity contribution in [1.29, 1.82) is 0 Å². The normalized spacial score (nSPS) is 12.4. The minimum Gasteiger partial charge on any atom is -0.324 e. The third kappa shape index (κ3) is 2.95. The number of hydrogen-bond donors (Lipinski definition) is 2. The summed E-state index contributed by atoms with van der Waals surface area (Å²) >= 11 is 1.41. The van der Waals surface area contributed by atoms with Crippen molar-refractivity contribution in [3.05, 3.63) is 52.4 Å². The van der Waals surface area contributed by atoms with Crippen LogP contribution in [0.5, 0.6) is 0 Å². The molecule has 4 nitrogen and oxygen atoms in total. The van der Waals surface area contributed by atoms with Gasteiger partial charge in [0.2, 0.25) is 0 Å². The van der Waals surface area contributed by atoms with E-state index in [9.17, 15) is 4.79 Å². The molecule has 1 aromatic heterocycles. The van der Waals surface area contributed by atoms with Gasteiger partial charge in [0.05, 0.1) is 0 Å². The average molecular weight is 247 g/mol. The summed E-state index contributed by atoms with van der Waals surface area (Å²) in [5.74, 6) is 0. The summed E-state index contributed by atoms with van der Waals surface area (Å²) in [5.41, 5.74) is 6.79. The monoisotopic (exact) mass is 247 g/mol. The number of benzene rings is 1. The number of aromatic amines is 1. The van der Waals surface area contributed by atoms with Gasteiger partial charge in [-0.05, 0) is 18.6 Å². The van der Waals surface area contributed by atoms with Crippen LogP contribution < -0.4 is 11.3 Å². The Morgan fingerprint density at radius 3 is 2.82 bits per heavy atom. The highest BCUT2D eigenvalue weighted by atomic mass is 32.2. The second kappa shape index (κ2) is 5.16. The van der Waals surface area contributed by atoms with Gasteiger partial charge in [-0.15, -0.1) is 0 Å². The topological polar surface area (TPSA) is 71.8 Å². The van der Waals surface area contributed by atoms with Crippen molar-refractivity contribution in [3.63, 3.8) is 0 Å². The maximum absolute atomic E-state index is 11.2. The second-order valence-corrected chi connectivity index (χ2v) is 4.70. The van der Waals surface area contributed by atoms with Gasteiger partial charge in [0.15, 0.2) is 5.16 Å². The predicted octanol–water partition coefficient (Wildman–Crippen LogP) is 1.94. The molecule has 0 bridgehead atoms. The molecular weight excluding hydrogens is 234 g/mol. The largest absolute Gasteiger partial charge is 0.324 e. The van der Waals surface area contributed by atoms with Gasteiger partial charge >= 0.3 is 0 Å². The Labute approximate surface area is 103 Å². The van der Waals surface area contributed by atoms with Crippen molar-refractivity contribution in [2.75, 3.05) is 0 Å². The van der Waals surface area contributed by atoms with Gasteiger partial charge in [0.25, 0.3) is 5.56 Å². The quantitative estimate of drug-likeness (QED) is 0.813. The van der Waals surface area contributed by atoms with Gasteiger partial charge in [-0.1, -0.05) is 30.0 Å². The minimum atomic E-state index is -0.152. The molecule has 0 unspecified atom stereocenters. The molecular formula is C12H13N3OS. The highest BCUT2D eigenvalue weighted by Crippen LogP contribution is 2.29. The van der Waals surface area contributed by atoms with E-state index in [1.54, 1.807) is 0 Å². The summed E-state index contributed by atoms with van der Waals surface area (Å²) in [7, 11) is 0. The van der Waals surface area contributed by atoms with E-state index in [1.165, 1.54) is 24.0 Å². The summed E-state index contributed by atoms with van der Waals surface area (Å²) in [6.45, 7) is 1.93. The molecule has 1 heterocycles. The molecule has 2 rings (SSSR count). The van der Waals surface area contributed by atoms with Gasteiger partial charge in [-0.2, -0.15) is 0 Å². The van der Waals surface area contributed by atoms with E-state index in [-0.39, 0.29) is 11.6 Å². The van der Waals surface area contributed by atoms with Crippen LogP contribution in [0.4, 0.5) is 0 Å². The number of nitrogens with one attached hydrogen (secondary N) is 1. The molecule has 0 saturated heterocycles. The second-order valence-electron chi connectivity index (χ2n) is 3.67. The van der Waals surface area contributed by atoms with Crippen LogP contribution in [-0.2, 0) is 0 Å². The van der Waals surface area contributed by atoms with E-state index in [0.29, 0.717) is 5.16 Å². The Hall–Kier alpha value is -1.59. The molecule has 0 saturated carbocycles. The SMILES string of the molecule is C[C@@H](N)c1ccccc1Sc1nccc(=O)[nH]1. The molecule has 1 aromatic carbocycles. The van der Waals surface area contributed by atoms with Gasteiger partial charge in [-0.3, -0.25) is 4.79 Å². The van der Waals surface area contributed by atoms with E-state index in [0.717, 1.165) is 10.5 Å². The maximum atomic E-state index is 11.2. The fraction of sp³-hybridized carbons (Fsp3) is 0.167. The first kappa shape index (κ1) is 11.9. The summed E-state index contributed by atoms with van der Waals surface area (Å²) in [5, 5.41) is 0.575. The van der Waals surface area contributed by atoms with E-state index < -0.39 is 0 Å². The van der Waals surface area contributed by atoms with Crippen molar-refractivity contribution in [2.24, 2.45) is 5.73 Å². The number of rotatable bonds is 3. The molecule has 0 fully saturated rings. The molecule has 2 aromatic rings. The summed E-state index contributed by atoms with van der Waals surface area (Å²) in [6.07, 6.45) is 1.50. The Bertz CT molecular complexity index is 565. The number of H-pyrrole nitrogens is 1. The number of hydrogen-bond acceptors (Lipinski definition) is 4. The van der Waals surface area contributed by atoms with Crippen LogP contribution in [0.25, 0.3) is 0 Å². The molecule has 0 aliphatic rings. The van der Waals surface area contributed by atoms with Crippen molar-refractivity contribution < 1.29 is 0 Å². The molecule has 0 spiro atoms. The lowest BCUT2D eigenvalue weighted by Crippen LogP contribution is -2.07. The lowest BCUT2D eigenvalue weighted by Gasteiger charge is -2.11. The van der Waals surface area contributed by atoms with Crippen molar-refractivity contribution in [1.82, 2.24) is 9.97 Å². The molecule has 0 aliphatic carbocycles. The predicted molar refractivity (Wildman–Crippen MR) is 68.0 cm³/mol. The van der Waals surface area contributed by atoms with Crippen LogP contribution >= 0.6 is 11.8 Å². The molecule has 0 radical (unpaired) electrons. The van der Waals surface area contributed by atoms with Crippen molar-refractivity contribution >= 4 is 11.8 Å². The van der Waals surface area contributed by atoms with Crippen molar-refractivity contribution in [3.8, 4) is 0 Å². The first-order valence-corrected chi connectivity index (χ1v) is 6.06. The summed E-state index contributed by atoms with van der Waals surface area (Å²) < 4.78 is 0. The molecule has 5 heteroatoms. The van der Waals surface area contributed by atoms with Crippen LogP contribution in [0.2, 0.25) is 0 Å². The average Bonchev–Trinajstić information content (AvgIpc) is 2.29. The third-order valence-electron chi connectivity index (χ3n) is 2.26. The number of nitrogens with zero attached hydrogens (tertiary/aromatic N) is 1. The first-order valence-electron chi connectivity index (χ1n) is 5.24. The van der Waals surface area contributed by atoms with Crippen LogP contribution in [-0.4, -0.2) is 9.97 Å². The Kier molecular flexibility index (Phi) is 3.61. The van der Waals surface area contributed by atoms with Gasteiger partial charge < -0.3 is 10.7 Å². The van der Waals surface area contributed by atoms with Gasteiger partial charge in [0.1, 0.15) is 0 Å². The van der Waals surface area contributed by atoms with E-state index >= 15 is 0 Å². The third-order valence-corrected chi connectivity index (χ3v) is 3.26. The standard InChI is InChI=1S/C12H13N3OS/c1-8(13)9-4-2-3-5-10(9)17-12-14-7-6-11(16)15-12/h2-8H,13H2,1H3,(H,14,15,16)/t8-/m1/s1. The smallest absolute Gasteiger partial charge is 0.251 e. The number of aromatic nitrogens is 2. The molecule has 0 aliphatic heterocycles. The van der Waals surface area contributed by atoms with Gasteiger partial charge in [0, 0.05) is 23.2 Å². The Balaban J connectivity index is 2.33. The minimum absolute atomic E-state index is 0.0471. The van der Waals surface area contributed by atoms with Crippen LogP contribution in [0.1, 0.15) is 18.5 Å². The molecule has 17 heavy (non-hydrogen) atoms. The zero-order chi connectivity index (χ0) is 12.3. The Morgan fingerprint density at radius 2 is 2.12 bits per heavy atom. The summed E-state index contributed by atoms with van der Waals surface area (Å²) in [4.78, 5) is 19.0. The van der Waals surface area contributed by atoms with Gasteiger partial charge in [-0.25, -0.2) is 4.98 Å². The lowest BCUT2D eigenvalue weighted by atomic mass is 10.1. The zero-order valence-corrected chi connectivity index (χ0v) is 10.2. The Morgan fingerprint density at radius 1 is 1.35 bits per heavy atom.